The van der Waals surface area contributed by atoms with Crippen LogP contribution in [0.15, 0.2) is 30.3 Å². The largest absolute Gasteiger partial charge is 0.377 e. The number of carbonyl (C=O) groups excluding carboxylic acids is 1. The van der Waals surface area contributed by atoms with Crippen LogP contribution in [0.5, 0.6) is 0 Å². The van der Waals surface area contributed by atoms with Gasteiger partial charge in [-0.15, -0.1) is 0 Å². The number of aryl methyl sites for hydroxylation is 2. The van der Waals surface area contributed by atoms with Crippen molar-refractivity contribution in [3.8, 4) is 0 Å². The molecule has 0 aliphatic carbocycles. The number of benzene rings is 1. The highest BCUT2D eigenvalue weighted by Crippen LogP contribution is 2.14. The third kappa shape index (κ3) is 4.93. The van der Waals surface area contributed by atoms with Crippen LogP contribution in [0.2, 0.25) is 0 Å². The summed E-state index contributed by atoms with van der Waals surface area (Å²) in [6.07, 6.45) is 1.24. The highest BCUT2D eigenvalue weighted by atomic mass is 16.5. The molecule has 0 saturated carbocycles. The zero-order chi connectivity index (χ0) is 17.5. The predicted octanol–water partition coefficient (Wildman–Crippen LogP) is 2.99. The lowest BCUT2D eigenvalue weighted by atomic mass is 10.2. The van der Waals surface area contributed by atoms with Gasteiger partial charge in [-0.3, -0.25) is 9.48 Å². The Bertz CT molecular complexity index is 665. The maximum Gasteiger partial charge on any atom is 0.222 e. The molecule has 1 heterocycles. The summed E-state index contributed by atoms with van der Waals surface area (Å²) in [5.41, 5.74) is 4.39. The van der Waals surface area contributed by atoms with Crippen molar-refractivity contribution in [1.82, 2.24) is 14.7 Å². The first-order valence-corrected chi connectivity index (χ1v) is 8.33. The van der Waals surface area contributed by atoms with E-state index >= 15 is 0 Å². The zero-order valence-corrected chi connectivity index (χ0v) is 15.1. The van der Waals surface area contributed by atoms with Crippen molar-refractivity contribution in [3.63, 3.8) is 0 Å². The van der Waals surface area contributed by atoms with Gasteiger partial charge < -0.3 is 9.64 Å². The average molecular weight is 329 g/mol. The lowest BCUT2D eigenvalue weighted by Crippen LogP contribution is -2.26. The number of rotatable bonds is 8. The van der Waals surface area contributed by atoms with Crippen LogP contribution in [0, 0.1) is 13.8 Å². The van der Waals surface area contributed by atoms with E-state index in [9.17, 15) is 4.79 Å². The molecule has 0 fully saturated rings. The van der Waals surface area contributed by atoms with Crippen LogP contribution in [-0.4, -0.2) is 34.2 Å². The van der Waals surface area contributed by atoms with Gasteiger partial charge in [0.15, 0.2) is 0 Å². The van der Waals surface area contributed by atoms with E-state index in [2.05, 4.69) is 5.10 Å². The van der Waals surface area contributed by atoms with E-state index < -0.39 is 0 Å². The van der Waals surface area contributed by atoms with Gasteiger partial charge in [-0.05, 0) is 25.8 Å². The molecule has 2 rings (SSSR count). The van der Waals surface area contributed by atoms with Crippen LogP contribution in [0.3, 0.4) is 0 Å². The maximum absolute atomic E-state index is 12.3. The van der Waals surface area contributed by atoms with E-state index in [1.165, 1.54) is 0 Å². The Balaban J connectivity index is 1.70. The Morgan fingerprint density at radius 1 is 1.25 bits per heavy atom. The van der Waals surface area contributed by atoms with Crippen LogP contribution in [0.25, 0.3) is 0 Å². The van der Waals surface area contributed by atoms with Crippen LogP contribution in [0.1, 0.15) is 35.4 Å². The minimum atomic E-state index is 0.140. The van der Waals surface area contributed by atoms with E-state index in [1.807, 2.05) is 63.0 Å². The highest BCUT2D eigenvalue weighted by molar-refractivity contribution is 5.75. The molecule has 1 amide bonds. The van der Waals surface area contributed by atoms with Gasteiger partial charge >= 0.3 is 0 Å². The first-order chi connectivity index (χ1) is 11.5. The third-order valence-corrected chi connectivity index (χ3v) is 4.27. The van der Waals surface area contributed by atoms with Gasteiger partial charge in [-0.25, -0.2) is 0 Å². The summed E-state index contributed by atoms with van der Waals surface area (Å²) < 4.78 is 7.49. The van der Waals surface area contributed by atoms with Gasteiger partial charge in [0.25, 0.3) is 0 Å². The second kappa shape index (κ2) is 8.64. The molecule has 0 unspecified atom stereocenters. The lowest BCUT2D eigenvalue weighted by Gasteiger charge is -2.17. The molecular weight excluding hydrogens is 302 g/mol. The fourth-order valence-electron chi connectivity index (χ4n) is 2.65. The van der Waals surface area contributed by atoms with E-state index in [4.69, 9.17) is 4.74 Å². The molecule has 0 atom stereocenters. The van der Waals surface area contributed by atoms with Crippen molar-refractivity contribution in [2.45, 2.75) is 39.8 Å². The Morgan fingerprint density at radius 2 is 1.96 bits per heavy atom. The molecule has 2 aromatic rings. The van der Waals surface area contributed by atoms with E-state index in [0.29, 0.717) is 26.2 Å². The van der Waals surface area contributed by atoms with Crippen molar-refractivity contribution in [2.24, 2.45) is 7.05 Å². The number of hydrogen-bond acceptors (Lipinski definition) is 3. The van der Waals surface area contributed by atoms with Gasteiger partial charge in [0.1, 0.15) is 0 Å². The predicted molar refractivity (Wildman–Crippen MR) is 94.5 cm³/mol. The van der Waals surface area contributed by atoms with Crippen LogP contribution in [0.4, 0.5) is 0 Å². The van der Waals surface area contributed by atoms with Crippen LogP contribution < -0.4 is 0 Å². The summed E-state index contributed by atoms with van der Waals surface area (Å²) >= 11 is 0. The van der Waals surface area contributed by atoms with Gasteiger partial charge in [0.2, 0.25) is 5.91 Å². The SMILES string of the molecule is Cc1nn(C)c(C)c1CN(C)C(=O)CCCOCc1ccccc1. The van der Waals surface area contributed by atoms with Gasteiger partial charge in [0, 0.05) is 44.9 Å². The zero-order valence-electron chi connectivity index (χ0n) is 15.1. The third-order valence-electron chi connectivity index (χ3n) is 4.27. The molecule has 1 aromatic carbocycles. The molecule has 0 aliphatic rings. The fourth-order valence-corrected chi connectivity index (χ4v) is 2.65. The normalized spacial score (nSPS) is 10.8. The molecule has 5 nitrogen and oxygen atoms in total. The molecule has 1 aromatic heterocycles. The lowest BCUT2D eigenvalue weighted by molar-refractivity contribution is -0.130. The minimum absolute atomic E-state index is 0.140. The second-order valence-corrected chi connectivity index (χ2v) is 6.16. The fraction of sp³-hybridized carbons (Fsp3) is 0.474. The highest BCUT2D eigenvalue weighted by Gasteiger charge is 2.15. The molecule has 5 heteroatoms. The number of nitrogens with zero attached hydrogens (tertiary/aromatic N) is 3. The van der Waals surface area contributed by atoms with Crippen molar-refractivity contribution in [3.05, 3.63) is 52.8 Å². The number of carbonyl (C=O) groups is 1. The van der Waals surface area contributed by atoms with Gasteiger partial charge in [-0.1, -0.05) is 30.3 Å². The summed E-state index contributed by atoms with van der Waals surface area (Å²) in [7, 11) is 3.77. The average Bonchev–Trinajstić information content (AvgIpc) is 2.81. The smallest absolute Gasteiger partial charge is 0.222 e. The summed E-state index contributed by atoms with van der Waals surface area (Å²) in [6.45, 7) is 5.82. The van der Waals surface area contributed by atoms with Gasteiger partial charge in [0.05, 0.1) is 12.3 Å². The number of ether oxygens (including phenoxy) is 1. The first kappa shape index (κ1) is 18.2. The molecule has 24 heavy (non-hydrogen) atoms. The summed E-state index contributed by atoms with van der Waals surface area (Å²) in [5, 5.41) is 4.40. The van der Waals surface area contributed by atoms with Crippen molar-refractivity contribution >= 4 is 5.91 Å². The molecule has 0 saturated heterocycles. The summed E-state index contributed by atoms with van der Waals surface area (Å²) in [6, 6.07) is 10.1. The number of aromatic nitrogens is 2. The Morgan fingerprint density at radius 3 is 2.58 bits per heavy atom. The number of amides is 1. The van der Waals surface area contributed by atoms with Crippen molar-refractivity contribution in [1.29, 1.82) is 0 Å². The topological polar surface area (TPSA) is 47.4 Å². The first-order valence-electron chi connectivity index (χ1n) is 8.33. The van der Waals surface area contributed by atoms with Crippen molar-refractivity contribution < 1.29 is 9.53 Å². The van der Waals surface area contributed by atoms with Crippen LogP contribution >= 0.6 is 0 Å². The molecule has 0 radical (unpaired) electrons. The quantitative estimate of drug-likeness (QED) is 0.700. The molecule has 0 bridgehead atoms. The minimum Gasteiger partial charge on any atom is -0.377 e. The molecule has 0 spiro atoms. The van der Waals surface area contributed by atoms with E-state index in [-0.39, 0.29) is 5.91 Å². The molecule has 0 N–H and O–H groups in total. The Kier molecular flexibility index (Phi) is 6.55. The standard InChI is InChI=1S/C19H27N3O2/c1-15-18(16(2)22(4)20-15)13-21(3)19(23)11-8-12-24-14-17-9-6-5-7-10-17/h5-7,9-10H,8,11-14H2,1-4H3. The van der Waals surface area contributed by atoms with E-state index in [0.717, 1.165) is 28.9 Å². The number of hydrogen-bond donors (Lipinski definition) is 0. The van der Waals surface area contributed by atoms with E-state index in [1.54, 1.807) is 4.90 Å². The molecular formula is C19H27N3O2. The van der Waals surface area contributed by atoms with Crippen molar-refractivity contribution in [2.75, 3.05) is 13.7 Å². The Hall–Kier alpha value is -2.14. The van der Waals surface area contributed by atoms with Crippen LogP contribution in [-0.2, 0) is 29.7 Å². The Labute approximate surface area is 144 Å². The molecule has 130 valence electrons. The molecule has 0 aliphatic heterocycles. The second-order valence-electron chi connectivity index (χ2n) is 6.16. The summed E-state index contributed by atoms with van der Waals surface area (Å²) in [5.74, 6) is 0.140. The monoisotopic (exact) mass is 329 g/mol. The van der Waals surface area contributed by atoms with Gasteiger partial charge in [-0.2, -0.15) is 5.10 Å². The summed E-state index contributed by atoms with van der Waals surface area (Å²) in [4.78, 5) is 14.0. The maximum atomic E-state index is 12.3.